The lowest BCUT2D eigenvalue weighted by atomic mass is 10.3. The molecule has 0 spiro atoms. The number of nitrogens with zero attached hydrogens (tertiary/aromatic N) is 3. The second-order valence-corrected chi connectivity index (χ2v) is 3.13. The first-order chi connectivity index (χ1) is 7.33. The summed E-state index contributed by atoms with van der Waals surface area (Å²) in [7, 11) is 0. The predicted molar refractivity (Wildman–Crippen MR) is 55.5 cm³/mol. The summed E-state index contributed by atoms with van der Waals surface area (Å²) >= 11 is 0. The molecule has 3 aromatic rings. The van der Waals surface area contributed by atoms with E-state index in [1.807, 2.05) is 24.3 Å². The summed E-state index contributed by atoms with van der Waals surface area (Å²) in [6, 6.07) is 7.45. The Morgan fingerprint density at radius 1 is 1.07 bits per heavy atom. The van der Waals surface area contributed by atoms with Crippen molar-refractivity contribution in [3.8, 4) is 0 Å². The highest BCUT2D eigenvalue weighted by Crippen LogP contribution is 2.10. The highest BCUT2D eigenvalue weighted by atomic mass is 16.1. The van der Waals surface area contributed by atoms with Crippen LogP contribution in [0.25, 0.3) is 22.3 Å². The molecule has 5 nitrogen and oxygen atoms in total. The van der Waals surface area contributed by atoms with E-state index in [-0.39, 0.29) is 5.56 Å². The highest BCUT2D eigenvalue weighted by Gasteiger charge is 2.01. The topological polar surface area (TPSA) is 71.5 Å². The van der Waals surface area contributed by atoms with Crippen molar-refractivity contribution in [3.05, 3.63) is 40.8 Å². The van der Waals surface area contributed by atoms with Crippen LogP contribution in [0.3, 0.4) is 0 Å². The second kappa shape index (κ2) is 2.84. The van der Waals surface area contributed by atoms with Crippen LogP contribution in [0, 0.1) is 0 Å². The lowest BCUT2D eigenvalue weighted by Gasteiger charge is -1.98. The number of aromatic nitrogens is 4. The van der Waals surface area contributed by atoms with Crippen LogP contribution >= 0.6 is 0 Å². The molecule has 5 heteroatoms. The van der Waals surface area contributed by atoms with E-state index in [2.05, 4.69) is 19.9 Å². The SMILES string of the molecule is O=c1cnc2nc3ccccc3nc2[nH]1. The Kier molecular flexibility index (Phi) is 1.53. The monoisotopic (exact) mass is 198 g/mol. The number of rotatable bonds is 0. The van der Waals surface area contributed by atoms with E-state index in [9.17, 15) is 4.79 Å². The molecule has 0 bridgehead atoms. The summed E-state index contributed by atoms with van der Waals surface area (Å²) in [5.74, 6) is 0. The fourth-order valence-electron chi connectivity index (χ4n) is 1.43. The van der Waals surface area contributed by atoms with Gasteiger partial charge in [-0.1, -0.05) is 12.1 Å². The van der Waals surface area contributed by atoms with Crippen LogP contribution in [0.15, 0.2) is 35.3 Å². The van der Waals surface area contributed by atoms with Gasteiger partial charge in [0, 0.05) is 0 Å². The molecule has 0 atom stereocenters. The standard InChI is InChI=1S/C10H6N4O/c15-8-5-11-9-10(14-8)13-7-4-2-1-3-6(7)12-9/h1-5H,(H,13,14,15). The number of aromatic amines is 1. The molecule has 0 saturated carbocycles. The van der Waals surface area contributed by atoms with Crippen molar-refractivity contribution >= 4 is 22.3 Å². The summed E-state index contributed by atoms with van der Waals surface area (Å²) in [4.78, 5) is 26.1. The van der Waals surface area contributed by atoms with Gasteiger partial charge in [-0.2, -0.15) is 0 Å². The van der Waals surface area contributed by atoms with Crippen LogP contribution in [0.4, 0.5) is 0 Å². The third kappa shape index (κ3) is 1.25. The number of hydrogen-bond acceptors (Lipinski definition) is 4. The minimum Gasteiger partial charge on any atom is -0.303 e. The Bertz CT molecular complexity index is 704. The number of benzene rings is 1. The van der Waals surface area contributed by atoms with Crippen molar-refractivity contribution in [1.29, 1.82) is 0 Å². The summed E-state index contributed by atoms with van der Waals surface area (Å²) < 4.78 is 0. The smallest absolute Gasteiger partial charge is 0.268 e. The highest BCUT2D eigenvalue weighted by molar-refractivity contribution is 5.81. The van der Waals surface area contributed by atoms with Gasteiger partial charge in [-0.25, -0.2) is 15.0 Å². The summed E-state index contributed by atoms with van der Waals surface area (Å²) in [5.41, 5.74) is 2.11. The van der Waals surface area contributed by atoms with Gasteiger partial charge in [0.2, 0.25) is 0 Å². The largest absolute Gasteiger partial charge is 0.303 e. The first-order valence-corrected chi connectivity index (χ1v) is 4.45. The van der Waals surface area contributed by atoms with Gasteiger partial charge in [0.15, 0.2) is 11.3 Å². The van der Waals surface area contributed by atoms with Crippen LogP contribution in [-0.4, -0.2) is 19.9 Å². The molecule has 2 aromatic heterocycles. The first kappa shape index (κ1) is 8.05. The molecule has 0 aliphatic heterocycles. The van der Waals surface area contributed by atoms with Gasteiger partial charge in [-0.3, -0.25) is 4.79 Å². The Morgan fingerprint density at radius 2 is 1.80 bits per heavy atom. The van der Waals surface area contributed by atoms with Gasteiger partial charge in [0.25, 0.3) is 5.56 Å². The molecule has 0 radical (unpaired) electrons. The zero-order valence-electron chi connectivity index (χ0n) is 7.64. The first-order valence-electron chi connectivity index (χ1n) is 4.45. The Morgan fingerprint density at radius 3 is 2.60 bits per heavy atom. The minimum absolute atomic E-state index is 0.271. The predicted octanol–water partition coefficient (Wildman–Crippen LogP) is 0.866. The quantitative estimate of drug-likeness (QED) is 0.544. The van der Waals surface area contributed by atoms with Crippen molar-refractivity contribution in [1.82, 2.24) is 19.9 Å². The minimum atomic E-state index is -0.271. The third-order valence-corrected chi connectivity index (χ3v) is 2.10. The van der Waals surface area contributed by atoms with Gasteiger partial charge in [0.1, 0.15) is 0 Å². The molecule has 1 N–H and O–H groups in total. The van der Waals surface area contributed by atoms with E-state index >= 15 is 0 Å². The molecule has 1 aromatic carbocycles. The van der Waals surface area contributed by atoms with Crippen LogP contribution in [-0.2, 0) is 0 Å². The van der Waals surface area contributed by atoms with Gasteiger partial charge in [-0.15, -0.1) is 0 Å². The van der Waals surface area contributed by atoms with Crippen LogP contribution in [0.5, 0.6) is 0 Å². The maximum Gasteiger partial charge on any atom is 0.268 e. The van der Waals surface area contributed by atoms with E-state index in [0.29, 0.717) is 11.3 Å². The van der Waals surface area contributed by atoms with E-state index in [1.54, 1.807) is 0 Å². The molecular weight excluding hydrogens is 192 g/mol. The molecule has 0 amide bonds. The van der Waals surface area contributed by atoms with Crippen LogP contribution in [0.1, 0.15) is 0 Å². The Labute approximate surface area is 83.8 Å². The zero-order chi connectivity index (χ0) is 10.3. The number of nitrogens with one attached hydrogen (secondary N) is 1. The molecular formula is C10H6N4O. The van der Waals surface area contributed by atoms with Gasteiger partial charge in [-0.05, 0) is 12.1 Å². The summed E-state index contributed by atoms with van der Waals surface area (Å²) in [6.07, 6.45) is 1.20. The van der Waals surface area contributed by atoms with Crippen LogP contribution < -0.4 is 5.56 Å². The van der Waals surface area contributed by atoms with E-state index in [0.717, 1.165) is 11.0 Å². The maximum absolute atomic E-state index is 11.0. The third-order valence-electron chi connectivity index (χ3n) is 2.10. The maximum atomic E-state index is 11.0. The van der Waals surface area contributed by atoms with Crippen molar-refractivity contribution in [2.24, 2.45) is 0 Å². The number of H-pyrrole nitrogens is 1. The van der Waals surface area contributed by atoms with Crippen molar-refractivity contribution in [2.75, 3.05) is 0 Å². The average molecular weight is 198 g/mol. The Balaban J connectivity index is 2.53. The van der Waals surface area contributed by atoms with Gasteiger partial charge < -0.3 is 4.98 Å². The molecule has 2 heterocycles. The molecule has 0 unspecified atom stereocenters. The molecule has 0 aliphatic rings. The molecule has 3 rings (SSSR count). The zero-order valence-corrected chi connectivity index (χ0v) is 7.64. The molecule has 0 saturated heterocycles. The van der Waals surface area contributed by atoms with E-state index < -0.39 is 0 Å². The summed E-state index contributed by atoms with van der Waals surface area (Å²) in [5, 5.41) is 0. The fourth-order valence-corrected chi connectivity index (χ4v) is 1.43. The molecule has 0 aliphatic carbocycles. The van der Waals surface area contributed by atoms with Crippen molar-refractivity contribution in [3.63, 3.8) is 0 Å². The number of hydrogen-bond donors (Lipinski definition) is 1. The van der Waals surface area contributed by atoms with E-state index in [4.69, 9.17) is 0 Å². The number of para-hydroxylation sites is 2. The lowest BCUT2D eigenvalue weighted by molar-refractivity contribution is 1.15. The molecule has 72 valence electrons. The van der Waals surface area contributed by atoms with Crippen molar-refractivity contribution < 1.29 is 0 Å². The lowest BCUT2D eigenvalue weighted by Crippen LogP contribution is -2.07. The molecule has 15 heavy (non-hydrogen) atoms. The van der Waals surface area contributed by atoms with Gasteiger partial charge in [0.05, 0.1) is 17.2 Å². The van der Waals surface area contributed by atoms with Gasteiger partial charge >= 0.3 is 0 Å². The fraction of sp³-hybridized carbons (Fsp3) is 0. The van der Waals surface area contributed by atoms with Crippen molar-refractivity contribution in [2.45, 2.75) is 0 Å². The molecule has 0 fully saturated rings. The Hall–Kier alpha value is -2.30. The normalized spacial score (nSPS) is 10.9. The van der Waals surface area contributed by atoms with Crippen LogP contribution in [0.2, 0.25) is 0 Å². The summed E-state index contributed by atoms with van der Waals surface area (Å²) in [6.45, 7) is 0. The second-order valence-electron chi connectivity index (χ2n) is 3.13. The number of fused-ring (bicyclic) bond motifs is 2. The average Bonchev–Trinajstić information content (AvgIpc) is 2.26. The van der Waals surface area contributed by atoms with E-state index in [1.165, 1.54) is 6.20 Å².